The third-order valence-corrected chi connectivity index (χ3v) is 3.89. The van der Waals surface area contributed by atoms with Gasteiger partial charge in [-0.1, -0.05) is 18.2 Å². The van der Waals surface area contributed by atoms with Crippen LogP contribution in [-0.2, 0) is 4.79 Å². The van der Waals surface area contributed by atoms with Gasteiger partial charge in [-0.3, -0.25) is 4.79 Å². The lowest BCUT2D eigenvalue weighted by Crippen LogP contribution is -2.43. The molecule has 4 nitrogen and oxygen atoms in total. The fraction of sp³-hybridized carbons (Fsp3) is 0.500. The summed E-state index contributed by atoms with van der Waals surface area (Å²) < 4.78 is 5.57. The molecule has 2 atom stereocenters. The highest BCUT2D eigenvalue weighted by Crippen LogP contribution is 2.31. The van der Waals surface area contributed by atoms with Gasteiger partial charge in [-0.25, -0.2) is 0 Å². The topological polar surface area (TPSA) is 64.4 Å². The zero-order valence-electron chi connectivity index (χ0n) is 11.5. The van der Waals surface area contributed by atoms with E-state index in [1.165, 1.54) is 0 Å². The number of rotatable bonds is 5. The van der Waals surface area contributed by atoms with Crippen LogP contribution in [0, 0.1) is 0 Å². The molecule has 0 fully saturated rings. The summed E-state index contributed by atoms with van der Waals surface area (Å²) in [4.78, 5) is 12.0. The van der Waals surface area contributed by atoms with Crippen LogP contribution in [0.2, 0.25) is 0 Å². The summed E-state index contributed by atoms with van der Waals surface area (Å²) >= 11 is 1.70. The van der Waals surface area contributed by atoms with Gasteiger partial charge in [0, 0.05) is 12.0 Å². The van der Waals surface area contributed by atoms with E-state index in [2.05, 4.69) is 5.32 Å². The molecule has 0 saturated carbocycles. The van der Waals surface area contributed by atoms with Gasteiger partial charge in [-0.2, -0.15) is 11.8 Å². The lowest BCUT2D eigenvalue weighted by atomic mass is 10.00. The van der Waals surface area contributed by atoms with Crippen molar-refractivity contribution in [2.24, 2.45) is 5.73 Å². The molecule has 0 radical (unpaired) electrons. The molecule has 0 saturated heterocycles. The number of hydrogen-bond donors (Lipinski definition) is 2. The van der Waals surface area contributed by atoms with Crippen molar-refractivity contribution in [2.45, 2.75) is 24.9 Å². The van der Waals surface area contributed by atoms with Crippen molar-refractivity contribution in [3.63, 3.8) is 0 Å². The molecule has 1 unspecified atom stereocenters. The smallest absolute Gasteiger partial charge is 0.237 e. The van der Waals surface area contributed by atoms with Crippen molar-refractivity contribution in [3.05, 3.63) is 29.8 Å². The summed E-state index contributed by atoms with van der Waals surface area (Å²) in [5, 5.41) is 3.03. The average molecular weight is 317 g/mol. The highest BCUT2D eigenvalue weighted by Gasteiger charge is 2.24. The van der Waals surface area contributed by atoms with Crippen LogP contribution in [0.1, 0.15) is 24.4 Å². The van der Waals surface area contributed by atoms with Gasteiger partial charge >= 0.3 is 0 Å². The van der Waals surface area contributed by atoms with Crippen molar-refractivity contribution >= 4 is 30.1 Å². The Morgan fingerprint density at radius 2 is 2.30 bits per heavy atom. The van der Waals surface area contributed by atoms with Crippen LogP contribution >= 0.6 is 24.2 Å². The molecule has 1 heterocycles. The second-order valence-electron chi connectivity index (χ2n) is 4.62. The Kier molecular flexibility index (Phi) is 7.19. The summed E-state index contributed by atoms with van der Waals surface area (Å²) in [5.41, 5.74) is 6.92. The first-order valence-corrected chi connectivity index (χ1v) is 7.88. The minimum Gasteiger partial charge on any atom is -0.493 e. The summed E-state index contributed by atoms with van der Waals surface area (Å²) in [5.74, 6) is 1.69. The number of para-hydroxylation sites is 1. The molecule has 1 amide bonds. The Morgan fingerprint density at radius 1 is 1.55 bits per heavy atom. The quantitative estimate of drug-likeness (QED) is 0.873. The largest absolute Gasteiger partial charge is 0.493 e. The third kappa shape index (κ3) is 4.30. The van der Waals surface area contributed by atoms with E-state index in [1.54, 1.807) is 11.8 Å². The maximum atomic E-state index is 12.0. The number of carbonyl (C=O) groups excluding carboxylic acids is 1. The Morgan fingerprint density at radius 3 is 3.05 bits per heavy atom. The van der Waals surface area contributed by atoms with E-state index in [-0.39, 0.29) is 24.4 Å². The summed E-state index contributed by atoms with van der Waals surface area (Å²) in [6, 6.07) is 7.40. The number of halogens is 1. The first-order valence-electron chi connectivity index (χ1n) is 6.49. The Bertz CT molecular complexity index is 445. The standard InChI is InChI=1S/C14H20N2O2S.ClH/c1-19-9-7-11(15)14(17)16-12-6-8-18-13-5-3-2-4-10(12)13;/h2-5,11-12H,6-9,15H2,1H3,(H,16,17);1H/t11-,12?;/m0./s1. The predicted molar refractivity (Wildman–Crippen MR) is 85.7 cm³/mol. The second kappa shape index (κ2) is 8.39. The highest BCUT2D eigenvalue weighted by atomic mass is 35.5. The van der Waals surface area contributed by atoms with Crippen LogP contribution in [0.15, 0.2) is 24.3 Å². The first-order chi connectivity index (χ1) is 9.22. The van der Waals surface area contributed by atoms with Gasteiger partial charge in [0.15, 0.2) is 0 Å². The van der Waals surface area contributed by atoms with Crippen molar-refractivity contribution in [2.75, 3.05) is 18.6 Å². The van der Waals surface area contributed by atoms with E-state index in [0.717, 1.165) is 23.5 Å². The number of nitrogens with two attached hydrogens (primary N) is 1. The number of fused-ring (bicyclic) bond motifs is 1. The fourth-order valence-electron chi connectivity index (χ4n) is 2.15. The van der Waals surface area contributed by atoms with E-state index in [4.69, 9.17) is 10.5 Å². The minimum atomic E-state index is -0.428. The van der Waals surface area contributed by atoms with Crippen LogP contribution in [0.25, 0.3) is 0 Å². The van der Waals surface area contributed by atoms with Gasteiger partial charge in [0.25, 0.3) is 0 Å². The Hall–Kier alpha value is -0.910. The highest BCUT2D eigenvalue weighted by molar-refractivity contribution is 7.98. The van der Waals surface area contributed by atoms with Crippen molar-refractivity contribution in [1.82, 2.24) is 5.32 Å². The normalized spacial score (nSPS) is 18.2. The maximum Gasteiger partial charge on any atom is 0.237 e. The van der Waals surface area contributed by atoms with Gasteiger partial charge in [-0.05, 0) is 24.5 Å². The molecule has 0 bridgehead atoms. The average Bonchev–Trinajstić information content (AvgIpc) is 2.45. The van der Waals surface area contributed by atoms with Crippen LogP contribution in [-0.4, -0.2) is 30.6 Å². The summed E-state index contributed by atoms with van der Waals surface area (Å²) in [6.45, 7) is 0.627. The Balaban J connectivity index is 0.00000200. The number of thioether (sulfide) groups is 1. The Labute approximate surface area is 130 Å². The van der Waals surface area contributed by atoms with Crippen LogP contribution in [0.3, 0.4) is 0 Å². The fourth-order valence-corrected chi connectivity index (χ4v) is 2.64. The van der Waals surface area contributed by atoms with Gasteiger partial charge < -0.3 is 15.8 Å². The maximum absolute atomic E-state index is 12.0. The number of nitrogens with one attached hydrogen (secondary N) is 1. The van der Waals surface area contributed by atoms with E-state index in [0.29, 0.717) is 13.0 Å². The summed E-state index contributed by atoms with van der Waals surface area (Å²) in [6.07, 6.45) is 3.51. The molecule has 2 rings (SSSR count). The van der Waals surface area contributed by atoms with E-state index in [1.807, 2.05) is 30.5 Å². The lowest BCUT2D eigenvalue weighted by molar-refractivity contribution is -0.123. The van der Waals surface area contributed by atoms with E-state index < -0.39 is 6.04 Å². The molecule has 0 aromatic heterocycles. The zero-order valence-corrected chi connectivity index (χ0v) is 13.1. The summed E-state index contributed by atoms with van der Waals surface area (Å²) in [7, 11) is 0. The van der Waals surface area contributed by atoms with Crippen LogP contribution in [0.4, 0.5) is 0 Å². The monoisotopic (exact) mass is 316 g/mol. The SMILES string of the molecule is CSCC[C@H](N)C(=O)NC1CCOc2ccccc21.Cl. The molecule has 112 valence electrons. The first kappa shape index (κ1) is 17.1. The third-order valence-electron chi connectivity index (χ3n) is 3.24. The molecular weight excluding hydrogens is 296 g/mol. The number of hydrogen-bond acceptors (Lipinski definition) is 4. The molecule has 1 aromatic carbocycles. The lowest BCUT2D eigenvalue weighted by Gasteiger charge is -2.27. The molecule has 20 heavy (non-hydrogen) atoms. The number of ether oxygens (including phenoxy) is 1. The van der Waals surface area contributed by atoms with Gasteiger partial charge in [0.05, 0.1) is 18.7 Å². The second-order valence-corrected chi connectivity index (χ2v) is 5.61. The van der Waals surface area contributed by atoms with Crippen molar-refractivity contribution in [3.8, 4) is 5.75 Å². The van der Waals surface area contributed by atoms with Crippen LogP contribution in [0.5, 0.6) is 5.75 Å². The molecule has 1 aromatic rings. The van der Waals surface area contributed by atoms with Gasteiger partial charge in [0.2, 0.25) is 5.91 Å². The molecule has 1 aliphatic rings. The molecular formula is C14H21ClN2O2S. The van der Waals surface area contributed by atoms with Gasteiger partial charge in [-0.15, -0.1) is 12.4 Å². The van der Waals surface area contributed by atoms with E-state index >= 15 is 0 Å². The minimum absolute atomic E-state index is 0. The molecule has 0 spiro atoms. The van der Waals surface area contributed by atoms with Crippen LogP contribution < -0.4 is 15.8 Å². The van der Waals surface area contributed by atoms with Crippen molar-refractivity contribution in [1.29, 1.82) is 0 Å². The van der Waals surface area contributed by atoms with Gasteiger partial charge in [0.1, 0.15) is 5.75 Å². The van der Waals surface area contributed by atoms with E-state index in [9.17, 15) is 4.79 Å². The number of amides is 1. The molecule has 1 aliphatic heterocycles. The number of benzene rings is 1. The van der Waals surface area contributed by atoms with Crippen molar-refractivity contribution < 1.29 is 9.53 Å². The zero-order chi connectivity index (χ0) is 13.7. The molecule has 3 N–H and O–H groups in total. The molecule has 0 aliphatic carbocycles. The molecule has 6 heteroatoms. The predicted octanol–water partition coefficient (Wildman–Crippen LogP) is 2.13. The number of carbonyl (C=O) groups is 1.